The Morgan fingerprint density at radius 2 is 1.92 bits per heavy atom. The number of piperidine rings is 1. The number of aryl methyl sites for hydroxylation is 1. The van der Waals surface area contributed by atoms with Crippen molar-refractivity contribution in [3.63, 3.8) is 0 Å². The Hall–Kier alpha value is -2.28. The monoisotopic (exact) mass is 373 g/mol. The largest absolute Gasteiger partial charge is 0.358 e. The minimum Gasteiger partial charge on any atom is -0.358 e. The molecule has 138 valence electrons. The van der Waals surface area contributed by atoms with Crippen molar-refractivity contribution in [3.05, 3.63) is 47.4 Å². The quantitative estimate of drug-likeness (QED) is 0.798. The first-order chi connectivity index (χ1) is 12.5. The van der Waals surface area contributed by atoms with Crippen molar-refractivity contribution in [2.75, 3.05) is 23.3 Å². The third-order valence-corrected chi connectivity index (χ3v) is 4.79. The summed E-state index contributed by atoms with van der Waals surface area (Å²) in [5.41, 5.74) is 1.85. The van der Waals surface area contributed by atoms with Gasteiger partial charge in [0.1, 0.15) is 11.6 Å². The van der Waals surface area contributed by atoms with Crippen LogP contribution in [-0.4, -0.2) is 28.2 Å². The van der Waals surface area contributed by atoms with Crippen LogP contribution in [0.4, 0.5) is 16.2 Å². The fourth-order valence-corrected chi connectivity index (χ4v) is 3.10. The van der Waals surface area contributed by atoms with Gasteiger partial charge in [0.15, 0.2) is 5.11 Å². The lowest BCUT2D eigenvalue weighted by Gasteiger charge is -2.31. The molecule has 2 N–H and O–H groups in total. The van der Waals surface area contributed by atoms with Gasteiger partial charge in [-0.25, -0.2) is 9.37 Å². The second-order valence-electron chi connectivity index (χ2n) is 6.79. The molecule has 5 nitrogen and oxygen atoms in total. The van der Waals surface area contributed by atoms with Gasteiger partial charge in [-0.1, -0.05) is 19.1 Å². The number of benzene rings is 1. The SMILES string of the molecule is Cc1cc(N2CCC(C)CC2)nc(NC(=S)NCc2ccc(F)cc2)n1. The molecular weight excluding hydrogens is 349 g/mol. The van der Waals surface area contributed by atoms with E-state index in [4.69, 9.17) is 12.2 Å². The van der Waals surface area contributed by atoms with Crippen molar-refractivity contribution in [2.45, 2.75) is 33.2 Å². The molecule has 1 aromatic carbocycles. The van der Waals surface area contributed by atoms with Gasteiger partial charge in [-0.3, -0.25) is 0 Å². The smallest absolute Gasteiger partial charge is 0.231 e. The number of hydrogen-bond acceptors (Lipinski definition) is 4. The van der Waals surface area contributed by atoms with Gasteiger partial charge in [0.25, 0.3) is 0 Å². The molecular formula is C19H24FN5S. The van der Waals surface area contributed by atoms with E-state index >= 15 is 0 Å². The minimum atomic E-state index is -0.248. The summed E-state index contributed by atoms with van der Waals surface area (Å²) in [6.07, 6.45) is 2.37. The summed E-state index contributed by atoms with van der Waals surface area (Å²) in [6, 6.07) is 8.33. The Kier molecular flexibility index (Phi) is 5.98. The maximum absolute atomic E-state index is 12.9. The van der Waals surface area contributed by atoms with Crippen molar-refractivity contribution in [1.29, 1.82) is 0 Å². The number of nitrogens with zero attached hydrogens (tertiary/aromatic N) is 3. The molecule has 1 aliphatic rings. The first kappa shape index (κ1) is 18.5. The summed E-state index contributed by atoms with van der Waals surface area (Å²) < 4.78 is 12.9. The average Bonchev–Trinajstić information content (AvgIpc) is 2.61. The molecule has 0 spiro atoms. The van der Waals surface area contributed by atoms with Crippen LogP contribution >= 0.6 is 12.2 Å². The number of thiocarbonyl (C=S) groups is 1. The highest BCUT2D eigenvalue weighted by atomic mass is 32.1. The Bertz CT molecular complexity index is 757. The van der Waals surface area contributed by atoms with Gasteiger partial charge in [0, 0.05) is 31.4 Å². The molecule has 0 atom stereocenters. The molecule has 0 saturated carbocycles. The lowest BCUT2D eigenvalue weighted by molar-refractivity contribution is 0.436. The molecule has 2 aromatic rings. The van der Waals surface area contributed by atoms with Gasteiger partial charge < -0.3 is 15.5 Å². The number of anilines is 2. The van der Waals surface area contributed by atoms with Gasteiger partial charge in [0.05, 0.1) is 0 Å². The van der Waals surface area contributed by atoms with E-state index < -0.39 is 0 Å². The summed E-state index contributed by atoms with van der Waals surface area (Å²) in [6.45, 7) is 6.79. The highest BCUT2D eigenvalue weighted by Crippen LogP contribution is 2.22. The van der Waals surface area contributed by atoms with Crippen LogP contribution in [0.15, 0.2) is 30.3 Å². The fraction of sp³-hybridized carbons (Fsp3) is 0.421. The molecule has 0 aliphatic carbocycles. The second kappa shape index (κ2) is 8.40. The Balaban J connectivity index is 1.60. The summed E-state index contributed by atoms with van der Waals surface area (Å²) >= 11 is 5.33. The molecule has 1 fully saturated rings. The summed E-state index contributed by atoms with van der Waals surface area (Å²) in [5, 5.41) is 6.59. The van der Waals surface area contributed by atoms with Crippen molar-refractivity contribution in [1.82, 2.24) is 15.3 Å². The van der Waals surface area contributed by atoms with E-state index in [0.717, 1.165) is 36.1 Å². The van der Waals surface area contributed by atoms with Gasteiger partial charge >= 0.3 is 0 Å². The standard InChI is InChI=1S/C19H24FN5S/c1-13-7-9-25(10-8-13)17-11-14(2)22-18(23-17)24-19(26)21-12-15-3-5-16(20)6-4-15/h3-6,11,13H,7-10,12H2,1-2H3,(H2,21,22,23,24,26). The Morgan fingerprint density at radius 3 is 2.62 bits per heavy atom. The van der Waals surface area contributed by atoms with Gasteiger partial charge in [-0.2, -0.15) is 4.98 Å². The van der Waals surface area contributed by atoms with E-state index in [1.807, 2.05) is 13.0 Å². The zero-order valence-electron chi connectivity index (χ0n) is 15.1. The van der Waals surface area contributed by atoms with Crippen molar-refractivity contribution < 1.29 is 4.39 Å². The molecule has 0 unspecified atom stereocenters. The van der Waals surface area contributed by atoms with Crippen molar-refractivity contribution in [3.8, 4) is 0 Å². The maximum Gasteiger partial charge on any atom is 0.231 e. The van der Waals surface area contributed by atoms with Crippen molar-refractivity contribution >= 4 is 29.1 Å². The first-order valence-electron chi connectivity index (χ1n) is 8.89. The second-order valence-corrected chi connectivity index (χ2v) is 7.20. The lowest BCUT2D eigenvalue weighted by atomic mass is 9.99. The third-order valence-electron chi connectivity index (χ3n) is 4.54. The summed E-state index contributed by atoms with van der Waals surface area (Å²) in [5.74, 6) is 1.96. The maximum atomic E-state index is 12.9. The first-order valence-corrected chi connectivity index (χ1v) is 9.30. The molecule has 26 heavy (non-hydrogen) atoms. The summed E-state index contributed by atoms with van der Waals surface area (Å²) in [4.78, 5) is 11.3. The fourth-order valence-electron chi connectivity index (χ4n) is 2.94. The number of halogens is 1. The van der Waals surface area contributed by atoms with E-state index in [1.54, 1.807) is 12.1 Å². The van der Waals surface area contributed by atoms with E-state index in [0.29, 0.717) is 17.6 Å². The van der Waals surface area contributed by atoms with Crippen molar-refractivity contribution in [2.24, 2.45) is 5.92 Å². The van der Waals surface area contributed by atoms with Crippen LogP contribution in [0.1, 0.15) is 31.0 Å². The van der Waals surface area contributed by atoms with E-state index in [9.17, 15) is 4.39 Å². The predicted octanol–water partition coefficient (Wildman–Crippen LogP) is 3.65. The lowest BCUT2D eigenvalue weighted by Crippen LogP contribution is -2.34. The normalized spacial score (nSPS) is 15.0. The van der Waals surface area contributed by atoms with E-state index in [1.165, 1.54) is 25.0 Å². The number of nitrogens with one attached hydrogen (secondary N) is 2. The highest BCUT2D eigenvalue weighted by Gasteiger charge is 2.18. The van der Waals surface area contributed by atoms with Crippen LogP contribution in [0, 0.1) is 18.7 Å². The van der Waals surface area contributed by atoms with Gasteiger partial charge in [-0.05, 0) is 55.6 Å². The molecule has 2 heterocycles. The minimum absolute atomic E-state index is 0.248. The molecule has 1 aliphatic heterocycles. The highest BCUT2D eigenvalue weighted by molar-refractivity contribution is 7.80. The molecule has 0 bridgehead atoms. The van der Waals surface area contributed by atoms with Crippen LogP contribution in [0.3, 0.4) is 0 Å². The molecule has 3 rings (SSSR count). The van der Waals surface area contributed by atoms with Crippen LogP contribution in [0.5, 0.6) is 0 Å². The third kappa shape index (κ3) is 5.11. The molecule has 1 aromatic heterocycles. The van der Waals surface area contributed by atoms with Crippen LogP contribution in [0.2, 0.25) is 0 Å². The zero-order valence-corrected chi connectivity index (χ0v) is 15.9. The Morgan fingerprint density at radius 1 is 1.23 bits per heavy atom. The van der Waals surface area contributed by atoms with Crippen LogP contribution < -0.4 is 15.5 Å². The topological polar surface area (TPSA) is 53.1 Å². The van der Waals surface area contributed by atoms with E-state index in [2.05, 4.69) is 32.4 Å². The number of rotatable bonds is 4. The van der Waals surface area contributed by atoms with Crippen LogP contribution in [-0.2, 0) is 6.54 Å². The number of aromatic nitrogens is 2. The summed E-state index contributed by atoms with van der Waals surface area (Å²) in [7, 11) is 0. The predicted molar refractivity (Wildman–Crippen MR) is 107 cm³/mol. The molecule has 1 saturated heterocycles. The average molecular weight is 374 g/mol. The Labute approximate surface area is 159 Å². The van der Waals surface area contributed by atoms with E-state index in [-0.39, 0.29) is 5.82 Å². The number of hydrogen-bond donors (Lipinski definition) is 2. The zero-order chi connectivity index (χ0) is 18.5. The molecule has 0 amide bonds. The van der Waals surface area contributed by atoms with Gasteiger partial charge in [0.2, 0.25) is 5.95 Å². The molecule has 0 radical (unpaired) electrons. The molecule has 7 heteroatoms. The van der Waals surface area contributed by atoms with Crippen LogP contribution in [0.25, 0.3) is 0 Å². The van der Waals surface area contributed by atoms with Gasteiger partial charge in [-0.15, -0.1) is 0 Å².